The van der Waals surface area contributed by atoms with E-state index in [4.69, 9.17) is 16.6 Å². The Morgan fingerprint density at radius 2 is 1.52 bits per heavy atom. The number of aromatic amines is 1. The molecular weight excluding hydrogens is 524 g/mol. The van der Waals surface area contributed by atoms with Crippen LogP contribution in [0.5, 0.6) is 0 Å². The minimum Gasteiger partial charge on any atom is -0.481 e. The number of H-pyrrole nitrogens is 1. The summed E-state index contributed by atoms with van der Waals surface area (Å²) in [5.41, 5.74) is 12.7. The molecule has 0 aliphatic heterocycles. The van der Waals surface area contributed by atoms with E-state index in [2.05, 4.69) is 20.9 Å². The van der Waals surface area contributed by atoms with Crippen molar-refractivity contribution in [1.29, 1.82) is 0 Å². The second kappa shape index (κ2) is 15.5. The van der Waals surface area contributed by atoms with Crippen molar-refractivity contribution in [3.05, 3.63) is 36.0 Å². The first-order valence-electron chi connectivity index (χ1n) is 13.0. The van der Waals surface area contributed by atoms with Gasteiger partial charge in [-0.2, -0.15) is 0 Å². The third-order valence-corrected chi connectivity index (χ3v) is 6.40. The van der Waals surface area contributed by atoms with E-state index in [0.29, 0.717) is 24.9 Å². The molecule has 0 aliphatic rings. The number of carbonyl (C=O) groups excluding carboxylic acids is 3. The number of para-hydroxylation sites is 1. The van der Waals surface area contributed by atoms with Gasteiger partial charge in [0.25, 0.3) is 0 Å². The normalized spacial score (nSPS) is 14.9. The molecule has 2 aromatic rings. The SMILES string of the molecule is CC(O)C(N)C(=O)NC(CCCCN)C(=O)NC(Cc1c[nH]c2ccccc12)C(=O)NC(CCC(=O)O)C(=O)O. The summed E-state index contributed by atoms with van der Waals surface area (Å²) in [6.07, 6.45) is 0.793. The molecule has 14 nitrogen and oxygen atoms in total. The van der Waals surface area contributed by atoms with E-state index in [1.54, 1.807) is 12.3 Å². The van der Waals surface area contributed by atoms with Crippen LogP contribution in [0.1, 0.15) is 44.6 Å². The van der Waals surface area contributed by atoms with Gasteiger partial charge in [0.05, 0.1) is 6.10 Å². The number of carboxylic acids is 2. The molecule has 0 spiro atoms. The van der Waals surface area contributed by atoms with Crippen LogP contribution in [0.25, 0.3) is 10.9 Å². The van der Waals surface area contributed by atoms with Crippen LogP contribution in [0, 0.1) is 0 Å². The van der Waals surface area contributed by atoms with Crippen molar-refractivity contribution in [2.75, 3.05) is 6.54 Å². The number of aliphatic carboxylic acids is 2. The molecular formula is C26H38N6O8. The van der Waals surface area contributed by atoms with Crippen molar-refractivity contribution in [1.82, 2.24) is 20.9 Å². The van der Waals surface area contributed by atoms with Gasteiger partial charge in [0.1, 0.15) is 24.2 Å². The lowest BCUT2D eigenvalue weighted by molar-refractivity contribution is -0.143. The summed E-state index contributed by atoms with van der Waals surface area (Å²) in [6.45, 7) is 1.69. The molecule has 0 fully saturated rings. The van der Waals surface area contributed by atoms with Gasteiger partial charge in [-0.1, -0.05) is 18.2 Å². The monoisotopic (exact) mass is 562 g/mol. The van der Waals surface area contributed by atoms with Crippen LogP contribution < -0.4 is 27.4 Å². The first-order valence-corrected chi connectivity index (χ1v) is 13.0. The minimum absolute atomic E-state index is 0.0382. The summed E-state index contributed by atoms with van der Waals surface area (Å²) < 4.78 is 0. The third kappa shape index (κ3) is 9.63. The Kier molecular flexibility index (Phi) is 12.5. The number of nitrogens with one attached hydrogen (secondary N) is 4. The predicted octanol–water partition coefficient (Wildman–Crippen LogP) is -1.05. The van der Waals surface area contributed by atoms with Gasteiger partial charge in [-0.05, 0) is 50.8 Å². The lowest BCUT2D eigenvalue weighted by Gasteiger charge is -2.25. The molecule has 1 heterocycles. The topological polar surface area (TPSA) is 250 Å². The third-order valence-electron chi connectivity index (χ3n) is 6.40. The van der Waals surface area contributed by atoms with Crippen LogP contribution >= 0.6 is 0 Å². The van der Waals surface area contributed by atoms with Gasteiger partial charge in [-0.25, -0.2) is 4.79 Å². The number of benzene rings is 1. The lowest BCUT2D eigenvalue weighted by atomic mass is 10.0. The van der Waals surface area contributed by atoms with Crippen molar-refractivity contribution < 1.29 is 39.3 Å². The Bertz CT molecular complexity index is 1180. The molecule has 0 saturated heterocycles. The number of hydrogen-bond donors (Lipinski definition) is 9. The molecule has 1 aromatic heterocycles. The number of rotatable bonds is 17. The quantitative estimate of drug-likeness (QED) is 0.106. The molecule has 2 rings (SSSR count). The second-order valence-corrected chi connectivity index (χ2v) is 9.57. The first-order chi connectivity index (χ1) is 18.9. The van der Waals surface area contributed by atoms with Crippen molar-refractivity contribution in [2.45, 2.75) is 75.7 Å². The maximum absolute atomic E-state index is 13.4. The van der Waals surface area contributed by atoms with E-state index in [-0.39, 0.29) is 19.3 Å². The predicted molar refractivity (Wildman–Crippen MR) is 145 cm³/mol. The van der Waals surface area contributed by atoms with Crippen LogP contribution in [0.3, 0.4) is 0 Å². The van der Waals surface area contributed by atoms with Gasteiger partial charge in [0.15, 0.2) is 0 Å². The molecule has 220 valence electrons. The van der Waals surface area contributed by atoms with E-state index in [1.807, 2.05) is 18.2 Å². The Balaban J connectivity index is 2.32. The second-order valence-electron chi connectivity index (χ2n) is 9.57. The molecule has 3 amide bonds. The van der Waals surface area contributed by atoms with E-state index in [9.17, 15) is 34.2 Å². The Morgan fingerprint density at radius 1 is 0.900 bits per heavy atom. The minimum atomic E-state index is -1.50. The van der Waals surface area contributed by atoms with E-state index in [1.165, 1.54) is 6.92 Å². The summed E-state index contributed by atoms with van der Waals surface area (Å²) in [5, 5.41) is 36.3. The zero-order chi connectivity index (χ0) is 29.8. The number of aliphatic hydroxyl groups excluding tert-OH is 1. The van der Waals surface area contributed by atoms with Crippen molar-refractivity contribution in [3.63, 3.8) is 0 Å². The molecule has 0 radical (unpaired) electrons. The van der Waals surface area contributed by atoms with E-state index < -0.39 is 66.4 Å². The largest absolute Gasteiger partial charge is 0.481 e. The van der Waals surface area contributed by atoms with Gasteiger partial charge in [-0.15, -0.1) is 0 Å². The van der Waals surface area contributed by atoms with Crippen LogP contribution in [0.15, 0.2) is 30.5 Å². The number of aliphatic hydroxyl groups is 1. The average Bonchev–Trinajstić information content (AvgIpc) is 3.31. The average molecular weight is 563 g/mol. The van der Waals surface area contributed by atoms with Crippen molar-refractivity contribution in [3.8, 4) is 0 Å². The number of carboxylic acid groups (broad SMARTS) is 2. The fourth-order valence-electron chi connectivity index (χ4n) is 4.05. The Morgan fingerprint density at radius 3 is 2.15 bits per heavy atom. The lowest BCUT2D eigenvalue weighted by Crippen LogP contribution is -2.58. The van der Waals surface area contributed by atoms with Gasteiger partial charge in [0.2, 0.25) is 17.7 Å². The molecule has 0 aliphatic carbocycles. The highest BCUT2D eigenvalue weighted by Crippen LogP contribution is 2.19. The number of nitrogens with two attached hydrogens (primary N) is 2. The van der Waals surface area contributed by atoms with Crippen LogP contribution in [-0.4, -0.2) is 86.8 Å². The van der Waals surface area contributed by atoms with Gasteiger partial charge in [0, 0.05) is 29.9 Å². The maximum Gasteiger partial charge on any atom is 0.326 e. The molecule has 14 heteroatoms. The van der Waals surface area contributed by atoms with Crippen LogP contribution in [-0.2, 0) is 30.4 Å². The first kappa shape index (κ1) is 32.2. The van der Waals surface area contributed by atoms with Gasteiger partial charge < -0.3 is 47.7 Å². The zero-order valence-electron chi connectivity index (χ0n) is 22.3. The molecule has 40 heavy (non-hydrogen) atoms. The molecule has 5 unspecified atom stereocenters. The number of fused-ring (bicyclic) bond motifs is 1. The highest BCUT2D eigenvalue weighted by Gasteiger charge is 2.31. The number of aromatic nitrogens is 1. The smallest absolute Gasteiger partial charge is 0.326 e. The fourth-order valence-corrected chi connectivity index (χ4v) is 4.05. The maximum atomic E-state index is 13.4. The molecule has 1 aromatic carbocycles. The number of amides is 3. The van der Waals surface area contributed by atoms with Gasteiger partial charge >= 0.3 is 11.9 Å². The zero-order valence-corrected chi connectivity index (χ0v) is 22.3. The number of hydrogen-bond acceptors (Lipinski definition) is 8. The number of unbranched alkanes of at least 4 members (excludes halogenated alkanes) is 1. The summed E-state index contributed by atoms with van der Waals surface area (Å²) in [4.78, 5) is 64.9. The van der Waals surface area contributed by atoms with Crippen molar-refractivity contribution >= 4 is 40.6 Å². The van der Waals surface area contributed by atoms with Gasteiger partial charge in [-0.3, -0.25) is 19.2 Å². The Hall–Kier alpha value is -4.01. The Labute approximate surface area is 230 Å². The standard InChI is InChI=1S/C26H38N6O8/c1-14(33)22(28)25(38)30-18(8-4-5-11-27)23(36)32-20(12-15-13-29-17-7-3-2-6-16(15)17)24(37)31-19(26(39)40)9-10-21(34)35/h2-3,6-7,13-14,18-20,22,29,33H,4-5,8-12,27-28H2,1H3,(H,30,38)(H,31,37)(H,32,36)(H,34,35)(H,39,40). The van der Waals surface area contributed by atoms with E-state index in [0.717, 1.165) is 10.9 Å². The van der Waals surface area contributed by atoms with Crippen LogP contribution in [0.4, 0.5) is 0 Å². The summed E-state index contributed by atoms with van der Waals surface area (Å²) in [7, 11) is 0. The fraction of sp³-hybridized carbons (Fsp3) is 0.500. The summed E-state index contributed by atoms with van der Waals surface area (Å²) >= 11 is 0. The summed E-state index contributed by atoms with van der Waals surface area (Å²) in [5.74, 6) is -4.98. The summed E-state index contributed by atoms with van der Waals surface area (Å²) in [6, 6.07) is 2.07. The molecule has 5 atom stereocenters. The highest BCUT2D eigenvalue weighted by atomic mass is 16.4. The van der Waals surface area contributed by atoms with E-state index >= 15 is 0 Å². The molecule has 11 N–H and O–H groups in total. The molecule has 0 saturated carbocycles. The highest BCUT2D eigenvalue weighted by molar-refractivity contribution is 5.95. The van der Waals surface area contributed by atoms with Crippen molar-refractivity contribution in [2.24, 2.45) is 11.5 Å². The molecule has 0 bridgehead atoms. The van der Waals surface area contributed by atoms with Crippen LogP contribution in [0.2, 0.25) is 0 Å². The number of carbonyl (C=O) groups is 5.